The average Bonchev–Trinajstić information content (AvgIpc) is 2.92. The monoisotopic (exact) mass is 316 g/mol. The molecule has 3 atom stereocenters. The smallest absolute Gasteiger partial charge is 0.237 e. The molecular formula is C14H18F2N2O4. The molecule has 1 saturated heterocycles. The van der Waals surface area contributed by atoms with Crippen molar-refractivity contribution in [2.24, 2.45) is 0 Å². The second kappa shape index (κ2) is 7.48. The number of aliphatic hydroxyl groups is 2. The van der Waals surface area contributed by atoms with E-state index in [0.717, 1.165) is 12.1 Å². The summed E-state index contributed by atoms with van der Waals surface area (Å²) in [5, 5.41) is 24.4. The van der Waals surface area contributed by atoms with Crippen molar-refractivity contribution in [2.45, 2.75) is 24.7 Å². The van der Waals surface area contributed by atoms with Crippen molar-refractivity contribution in [3.63, 3.8) is 0 Å². The van der Waals surface area contributed by atoms with E-state index in [2.05, 4.69) is 10.6 Å². The highest BCUT2D eigenvalue weighted by Gasteiger charge is 2.28. The maximum absolute atomic E-state index is 13.0. The lowest BCUT2D eigenvalue weighted by molar-refractivity contribution is -0.123. The van der Waals surface area contributed by atoms with Crippen molar-refractivity contribution in [1.82, 2.24) is 10.6 Å². The van der Waals surface area contributed by atoms with Crippen LogP contribution < -0.4 is 15.4 Å². The van der Waals surface area contributed by atoms with Crippen molar-refractivity contribution >= 4 is 5.91 Å². The molecule has 2 rings (SSSR count). The number of aliphatic hydroxyl groups excluding tert-OH is 2. The zero-order valence-electron chi connectivity index (χ0n) is 11.8. The highest BCUT2D eigenvalue weighted by molar-refractivity contribution is 5.82. The van der Waals surface area contributed by atoms with Crippen LogP contribution in [-0.2, 0) is 4.79 Å². The topological polar surface area (TPSA) is 90.8 Å². The zero-order valence-corrected chi connectivity index (χ0v) is 11.8. The van der Waals surface area contributed by atoms with E-state index in [0.29, 0.717) is 13.0 Å². The number of rotatable bonds is 6. The summed E-state index contributed by atoms with van der Waals surface area (Å²) in [4.78, 5) is 11.7. The molecule has 0 spiro atoms. The van der Waals surface area contributed by atoms with Crippen LogP contribution in [0.15, 0.2) is 18.2 Å². The van der Waals surface area contributed by atoms with E-state index in [4.69, 9.17) is 4.74 Å². The lowest BCUT2D eigenvalue weighted by atomic mass is 10.2. The second-order valence-electron chi connectivity index (χ2n) is 5.14. The number of amides is 1. The van der Waals surface area contributed by atoms with Gasteiger partial charge in [-0.2, -0.15) is 0 Å². The molecular weight excluding hydrogens is 298 g/mol. The molecule has 0 aromatic heterocycles. The van der Waals surface area contributed by atoms with Gasteiger partial charge in [-0.1, -0.05) is 0 Å². The molecule has 1 heterocycles. The number of β-amino-alcohol motifs (C(OH)–C–C–N with tert-alkyl or cyclic N) is 1. The van der Waals surface area contributed by atoms with Crippen LogP contribution in [0.3, 0.4) is 0 Å². The number of nitrogens with one attached hydrogen (secondary N) is 2. The Morgan fingerprint density at radius 1 is 1.45 bits per heavy atom. The first kappa shape index (κ1) is 16.6. The first-order chi connectivity index (χ1) is 10.5. The quantitative estimate of drug-likeness (QED) is 0.570. The van der Waals surface area contributed by atoms with Crippen molar-refractivity contribution in [1.29, 1.82) is 0 Å². The Labute approximate surface area is 126 Å². The molecule has 8 heteroatoms. The van der Waals surface area contributed by atoms with Gasteiger partial charge in [-0.25, -0.2) is 8.78 Å². The molecule has 0 bridgehead atoms. The minimum absolute atomic E-state index is 0.0449. The summed E-state index contributed by atoms with van der Waals surface area (Å²) in [5.74, 6) is -2.24. The van der Waals surface area contributed by atoms with Crippen molar-refractivity contribution in [2.75, 3.05) is 19.7 Å². The fourth-order valence-corrected chi connectivity index (χ4v) is 2.08. The van der Waals surface area contributed by atoms with E-state index in [-0.39, 0.29) is 24.8 Å². The van der Waals surface area contributed by atoms with Crippen LogP contribution >= 0.6 is 0 Å². The molecule has 4 N–H and O–H groups in total. The third kappa shape index (κ3) is 4.62. The molecule has 1 aromatic carbocycles. The van der Waals surface area contributed by atoms with Crippen LogP contribution in [0.2, 0.25) is 0 Å². The molecule has 3 unspecified atom stereocenters. The van der Waals surface area contributed by atoms with Gasteiger partial charge in [0.05, 0.1) is 12.1 Å². The molecule has 122 valence electrons. The van der Waals surface area contributed by atoms with Gasteiger partial charge in [0.15, 0.2) is 11.6 Å². The summed E-state index contributed by atoms with van der Waals surface area (Å²) in [6.45, 7) is 0.142. The van der Waals surface area contributed by atoms with E-state index >= 15 is 0 Å². The summed E-state index contributed by atoms with van der Waals surface area (Å²) in [5.41, 5.74) is 0. The number of carbonyl (C=O) groups excluding carboxylic acids is 1. The zero-order chi connectivity index (χ0) is 16.1. The SMILES string of the molecule is O=C(NCC(O)COc1ccc(F)c(F)c1)C1CC(O)CN1. The van der Waals surface area contributed by atoms with Crippen LogP contribution in [0.5, 0.6) is 5.75 Å². The van der Waals surface area contributed by atoms with Crippen molar-refractivity contribution in [3.05, 3.63) is 29.8 Å². The normalized spacial score (nSPS) is 22.4. The van der Waals surface area contributed by atoms with Crippen molar-refractivity contribution in [3.8, 4) is 5.75 Å². The molecule has 1 aliphatic heterocycles. The van der Waals surface area contributed by atoms with E-state index in [1.807, 2.05) is 0 Å². The van der Waals surface area contributed by atoms with Crippen LogP contribution in [-0.4, -0.2) is 54.1 Å². The molecule has 1 aliphatic rings. The lowest BCUT2D eigenvalue weighted by Crippen LogP contribution is -2.44. The van der Waals surface area contributed by atoms with Gasteiger partial charge in [0.1, 0.15) is 18.5 Å². The third-order valence-corrected chi connectivity index (χ3v) is 3.27. The summed E-state index contributed by atoms with van der Waals surface area (Å²) in [6.07, 6.45) is -1.21. The van der Waals surface area contributed by atoms with Gasteiger partial charge in [-0.15, -0.1) is 0 Å². The van der Waals surface area contributed by atoms with Gasteiger partial charge in [-0.05, 0) is 18.6 Å². The van der Waals surface area contributed by atoms with Crippen LogP contribution in [0.1, 0.15) is 6.42 Å². The van der Waals surface area contributed by atoms with Gasteiger partial charge in [0, 0.05) is 19.2 Å². The molecule has 0 saturated carbocycles. The minimum atomic E-state index is -1.04. The molecule has 22 heavy (non-hydrogen) atoms. The first-order valence-corrected chi connectivity index (χ1v) is 6.91. The van der Waals surface area contributed by atoms with Gasteiger partial charge in [0.25, 0.3) is 0 Å². The second-order valence-corrected chi connectivity index (χ2v) is 5.14. The van der Waals surface area contributed by atoms with E-state index in [1.54, 1.807) is 0 Å². The van der Waals surface area contributed by atoms with Crippen molar-refractivity contribution < 1.29 is 28.5 Å². The summed E-state index contributed by atoms with van der Waals surface area (Å²) < 4.78 is 30.8. The van der Waals surface area contributed by atoms with Crippen LogP contribution in [0.25, 0.3) is 0 Å². The predicted octanol–water partition coefficient (Wildman–Crippen LogP) is -0.457. The Kier molecular flexibility index (Phi) is 5.64. The number of carbonyl (C=O) groups is 1. The fourth-order valence-electron chi connectivity index (χ4n) is 2.08. The largest absolute Gasteiger partial charge is 0.491 e. The number of ether oxygens (including phenoxy) is 1. The molecule has 1 amide bonds. The van der Waals surface area contributed by atoms with Gasteiger partial charge in [-0.3, -0.25) is 4.79 Å². The number of hydrogen-bond acceptors (Lipinski definition) is 5. The number of benzene rings is 1. The molecule has 0 radical (unpaired) electrons. The summed E-state index contributed by atoms with van der Waals surface area (Å²) in [7, 11) is 0. The van der Waals surface area contributed by atoms with Crippen LogP contribution in [0, 0.1) is 11.6 Å². The van der Waals surface area contributed by atoms with Gasteiger partial charge in [0.2, 0.25) is 5.91 Å². The highest BCUT2D eigenvalue weighted by atomic mass is 19.2. The Bertz CT molecular complexity index is 530. The maximum atomic E-state index is 13.0. The minimum Gasteiger partial charge on any atom is -0.491 e. The summed E-state index contributed by atoms with van der Waals surface area (Å²) in [6, 6.07) is 2.57. The Morgan fingerprint density at radius 2 is 2.23 bits per heavy atom. The van der Waals surface area contributed by atoms with E-state index in [9.17, 15) is 23.8 Å². The average molecular weight is 316 g/mol. The van der Waals surface area contributed by atoms with Gasteiger partial charge < -0.3 is 25.6 Å². The van der Waals surface area contributed by atoms with Crippen LogP contribution in [0.4, 0.5) is 8.78 Å². The third-order valence-electron chi connectivity index (χ3n) is 3.27. The Hall–Kier alpha value is -1.77. The number of halogens is 2. The predicted molar refractivity (Wildman–Crippen MR) is 73.3 cm³/mol. The maximum Gasteiger partial charge on any atom is 0.237 e. The standard InChI is InChI=1S/C14H18F2N2O4/c15-11-2-1-10(4-12(11)16)22-7-9(20)6-18-14(21)13-3-8(19)5-17-13/h1-2,4,8-9,13,17,19-20H,3,5-7H2,(H,18,21). The highest BCUT2D eigenvalue weighted by Crippen LogP contribution is 2.15. The molecule has 1 fully saturated rings. The fraction of sp³-hybridized carbons (Fsp3) is 0.500. The Morgan fingerprint density at radius 3 is 2.86 bits per heavy atom. The molecule has 1 aromatic rings. The molecule has 6 nitrogen and oxygen atoms in total. The molecule has 0 aliphatic carbocycles. The Balaban J connectivity index is 1.70. The number of hydrogen-bond donors (Lipinski definition) is 4. The van der Waals surface area contributed by atoms with Gasteiger partial charge >= 0.3 is 0 Å². The summed E-state index contributed by atoms with van der Waals surface area (Å²) >= 11 is 0. The van der Waals surface area contributed by atoms with E-state index in [1.165, 1.54) is 6.07 Å². The lowest BCUT2D eigenvalue weighted by Gasteiger charge is -2.15. The first-order valence-electron chi connectivity index (χ1n) is 6.91. The van der Waals surface area contributed by atoms with E-state index < -0.39 is 29.9 Å².